The van der Waals surface area contributed by atoms with Crippen molar-refractivity contribution >= 4 is 11.6 Å². The molecule has 0 radical (unpaired) electrons. The average Bonchev–Trinajstić information content (AvgIpc) is 3.07. The summed E-state index contributed by atoms with van der Waals surface area (Å²) in [5.74, 6) is 1.76. The van der Waals surface area contributed by atoms with Crippen LogP contribution in [0.25, 0.3) is 0 Å². The number of anilines is 1. The Balaban J connectivity index is 1.74. The van der Waals surface area contributed by atoms with Crippen LogP contribution in [0.15, 0.2) is 35.6 Å². The Labute approximate surface area is 118 Å². The molecule has 1 aliphatic heterocycles. The number of para-hydroxylation sites is 1. The molecule has 1 N–H and O–H groups in total. The summed E-state index contributed by atoms with van der Waals surface area (Å²) in [6.07, 6.45) is 2.62. The first-order valence-corrected chi connectivity index (χ1v) is 6.68. The first kappa shape index (κ1) is 12.7. The van der Waals surface area contributed by atoms with E-state index in [1.807, 2.05) is 7.05 Å². The zero-order chi connectivity index (χ0) is 13.9. The molecule has 6 nitrogen and oxygen atoms in total. The largest absolute Gasteiger partial charge is 0.349 e. The van der Waals surface area contributed by atoms with Crippen LogP contribution in [-0.4, -0.2) is 34.3 Å². The topological polar surface area (TPSA) is 58.3 Å². The van der Waals surface area contributed by atoms with Crippen molar-refractivity contribution in [2.45, 2.75) is 13.0 Å². The van der Waals surface area contributed by atoms with Gasteiger partial charge in [0.15, 0.2) is 5.96 Å². The van der Waals surface area contributed by atoms with Crippen LogP contribution in [0, 0.1) is 0 Å². The smallest absolute Gasteiger partial charge is 0.198 e. The van der Waals surface area contributed by atoms with Gasteiger partial charge in [0.1, 0.15) is 12.2 Å². The lowest BCUT2D eigenvalue weighted by molar-refractivity contribution is 0.678. The summed E-state index contributed by atoms with van der Waals surface area (Å²) >= 11 is 0. The molecule has 0 amide bonds. The van der Waals surface area contributed by atoms with Crippen molar-refractivity contribution in [2.24, 2.45) is 12.0 Å². The van der Waals surface area contributed by atoms with E-state index in [0.29, 0.717) is 6.54 Å². The van der Waals surface area contributed by atoms with Crippen molar-refractivity contribution in [2.75, 3.05) is 18.5 Å². The number of nitrogens with zero attached hydrogens (tertiary/aromatic N) is 5. The molecular weight excluding hydrogens is 252 g/mol. The second-order valence-corrected chi connectivity index (χ2v) is 4.73. The van der Waals surface area contributed by atoms with Crippen LogP contribution in [0.2, 0.25) is 0 Å². The van der Waals surface area contributed by atoms with Crippen molar-refractivity contribution in [3.05, 3.63) is 42.0 Å². The van der Waals surface area contributed by atoms with E-state index in [0.717, 1.165) is 24.7 Å². The molecule has 0 saturated carbocycles. The molecule has 1 aromatic carbocycles. The minimum atomic E-state index is 0.613. The zero-order valence-corrected chi connectivity index (χ0v) is 11.7. The van der Waals surface area contributed by atoms with Crippen LogP contribution >= 0.6 is 0 Å². The lowest BCUT2D eigenvalue weighted by atomic mass is 10.2. The minimum Gasteiger partial charge on any atom is -0.349 e. The number of hydrogen-bond donors (Lipinski definition) is 1. The third-order valence-electron chi connectivity index (χ3n) is 3.56. The summed E-state index contributed by atoms with van der Waals surface area (Å²) in [7, 11) is 3.69. The third kappa shape index (κ3) is 2.24. The fourth-order valence-electron chi connectivity index (χ4n) is 2.49. The standard InChI is InChI=1S/C14H18N6/c1-15-14(16-9-13-17-10-18-19(13)2)20-8-7-11-5-3-4-6-12(11)20/h3-6,10H,7-9H2,1-2H3,(H,15,16). The summed E-state index contributed by atoms with van der Waals surface area (Å²) in [6.45, 7) is 1.57. The van der Waals surface area contributed by atoms with E-state index in [4.69, 9.17) is 0 Å². The van der Waals surface area contributed by atoms with Gasteiger partial charge in [-0.3, -0.25) is 9.67 Å². The van der Waals surface area contributed by atoms with Gasteiger partial charge >= 0.3 is 0 Å². The van der Waals surface area contributed by atoms with Crippen LogP contribution in [0.5, 0.6) is 0 Å². The van der Waals surface area contributed by atoms with E-state index in [1.165, 1.54) is 11.3 Å². The summed E-state index contributed by atoms with van der Waals surface area (Å²) in [5, 5.41) is 7.41. The molecule has 2 aromatic rings. The SMILES string of the molecule is CN=C(NCc1ncnn1C)N1CCc2ccccc21. The summed E-state index contributed by atoms with van der Waals surface area (Å²) < 4.78 is 1.76. The van der Waals surface area contributed by atoms with Gasteiger partial charge in [-0.2, -0.15) is 5.10 Å². The molecule has 0 fully saturated rings. The molecule has 1 aromatic heterocycles. The predicted octanol–water partition coefficient (Wildman–Crippen LogP) is 0.953. The molecule has 0 atom stereocenters. The number of benzene rings is 1. The summed E-state index contributed by atoms with van der Waals surface area (Å²) in [5.41, 5.74) is 2.60. The second-order valence-electron chi connectivity index (χ2n) is 4.73. The molecule has 0 bridgehead atoms. The first-order chi connectivity index (χ1) is 9.79. The van der Waals surface area contributed by atoms with E-state index in [9.17, 15) is 0 Å². The van der Waals surface area contributed by atoms with Crippen molar-refractivity contribution in [1.29, 1.82) is 0 Å². The van der Waals surface area contributed by atoms with Crippen molar-refractivity contribution < 1.29 is 0 Å². The van der Waals surface area contributed by atoms with E-state index in [1.54, 1.807) is 18.1 Å². The Kier molecular flexibility index (Phi) is 3.37. The van der Waals surface area contributed by atoms with Crippen LogP contribution in [0.1, 0.15) is 11.4 Å². The highest BCUT2D eigenvalue weighted by Crippen LogP contribution is 2.27. The number of aromatic nitrogens is 3. The molecule has 0 spiro atoms. The normalized spacial score (nSPS) is 14.5. The summed E-state index contributed by atoms with van der Waals surface area (Å²) in [4.78, 5) is 10.8. The van der Waals surface area contributed by atoms with Gasteiger partial charge in [0.25, 0.3) is 0 Å². The van der Waals surface area contributed by atoms with Crippen molar-refractivity contribution in [1.82, 2.24) is 20.1 Å². The predicted molar refractivity (Wildman–Crippen MR) is 78.7 cm³/mol. The van der Waals surface area contributed by atoms with Crippen LogP contribution in [0.3, 0.4) is 0 Å². The minimum absolute atomic E-state index is 0.613. The Morgan fingerprint density at radius 3 is 3.00 bits per heavy atom. The lowest BCUT2D eigenvalue weighted by Gasteiger charge is -2.22. The van der Waals surface area contributed by atoms with Gasteiger partial charge in [-0.25, -0.2) is 4.98 Å². The molecule has 0 saturated heterocycles. The Hall–Kier alpha value is -2.37. The molecular formula is C14H18N6. The van der Waals surface area contributed by atoms with Gasteiger partial charge < -0.3 is 10.2 Å². The molecule has 3 rings (SSSR count). The van der Waals surface area contributed by atoms with Gasteiger partial charge in [0.2, 0.25) is 0 Å². The third-order valence-corrected chi connectivity index (χ3v) is 3.56. The van der Waals surface area contributed by atoms with Crippen molar-refractivity contribution in [3.8, 4) is 0 Å². The quantitative estimate of drug-likeness (QED) is 0.652. The van der Waals surface area contributed by atoms with Crippen LogP contribution in [-0.2, 0) is 20.0 Å². The average molecular weight is 270 g/mol. The number of nitrogens with one attached hydrogen (secondary N) is 1. The molecule has 0 aliphatic carbocycles. The Morgan fingerprint density at radius 2 is 2.25 bits per heavy atom. The lowest BCUT2D eigenvalue weighted by Crippen LogP contribution is -2.40. The van der Waals surface area contributed by atoms with Gasteiger partial charge in [0, 0.05) is 26.3 Å². The van der Waals surface area contributed by atoms with Gasteiger partial charge in [-0.15, -0.1) is 0 Å². The van der Waals surface area contributed by atoms with Gasteiger partial charge in [-0.1, -0.05) is 18.2 Å². The zero-order valence-electron chi connectivity index (χ0n) is 11.7. The van der Waals surface area contributed by atoms with E-state index >= 15 is 0 Å². The van der Waals surface area contributed by atoms with Crippen molar-refractivity contribution in [3.63, 3.8) is 0 Å². The highest BCUT2D eigenvalue weighted by molar-refractivity contribution is 5.97. The number of aliphatic imine (C=N–C) groups is 1. The highest BCUT2D eigenvalue weighted by atomic mass is 15.3. The summed E-state index contributed by atoms with van der Waals surface area (Å²) in [6, 6.07) is 8.45. The van der Waals surface area contributed by atoms with Gasteiger partial charge in [0.05, 0.1) is 6.54 Å². The Morgan fingerprint density at radius 1 is 1.40 bits per heavy atom. The molecule has 2 heterocycles. The van der Waals surface area contributed by atoms with E-state index in [-0.39, 0.29) is 0 Å². The van der Waals surface area contributed by atoms with Gasteiger partial charge in [-0.05, 0) is 18.1 Å². The fraction of sp³-hybridized carbons (Fsp3) is 0.357. The maximum Gasteiger partial charge on any atom is 0.198 e. The number of guanidine groups is 1. The number of rotatable bonds is 2. The second kappa shape index (κ2) is 5.32. The van der Waals surface area contributed by atoms with E-state index in [2.05, 4.69) is 49.6 Å². The maximum absolute atomic E-state index is 4.37. The molecule has 0 unspecified atom stereocenters. The highest BCUT2D eigenvalue weighted by Gasteiger charge is 2.22. The monoisotopic (exact) mass is 270 g/mol. The number of hydrogen-bond acceptors (Lipinski definition) is 3. The maximum atomic E-state index is 4.37. The number of fused-ring (bicyclic) bond motifs is 1. The first-order valence-electron chi connectivity index (χ1n) is 6.68. The van der Waals surface area contributed by atoms with Crippen LogP contribution < -0.4 is 10.2 Å². The fourth-order valence-corrected chi connectivity index (χ4v) is 2.49. The van der Waals surface area contributed by atoms with E-state index < -0.39 is 0 Å². The molecule has 20 heavy (non-hydrogen) atoms. The molecule has 6 heteroatoms. The molecule has 1 aliphatic rings. The molecule has 104 valence electrons. The number of aryl methyl sites for hydroxylation is 1. The Bertz CT molecular complexity index is 630. The van der Waals surface area contributed by atoms with Crippen LogP contribution in [0.4, 0.5) is 5.69 Å².